The van der Waals surface area contributed by atoms with Crippen LogP contribution in [0.5, 0.6) is 0 Å². The van der Waals surface area contributed by atoms with Crippen LogP contribution in [0.4, 0.5) is 9.59 Å². The first kappa shape index (κ1) is 26.1. The van der Waals surface area contributed by atoms with Gasteiger partial charge in [-0.2, -0.15) is 4.40 Å². The molecule has 30 heavy (non-hydrogen) atoms. The van der Waals surface area contributed by atoms with Crippen molar-refractivity contribution < 1.29 is 28.1 Å². The predicted octanol–water partition coefficient (Wildman–Crippen LogP) is 2.95. The van der Waals surface area contributed by atoms with Crippen LogP contribution in [0.15, 0.2) is 4.40 Å². The fraction of sp³-hybridized carbons (Fsp3) is 0.800. The number of hydrogen-bond acceptors (Lipinski definition) is 6. The van der Waals surface area contributed by atoms with E-state index in [1.807, 2.05) is 41.5 Å². The first-order valence-electron chi connectivity index (χ1n) is 9.83. The lowest BCUT2D eigenvalue weighted by Gasteiger charge is -2.34. The molecule has 0 aromatic rings. The molecule has 1 unspecified atom stereocenters. The summed E-state index contributed by atoms with van der Waals surface area (Å²) < 4.78 is 25.8. The standard InChI is InChI=1S/C12H22N2O3S.C8H13NO3/c1-11(2,3)17-10(15)14-7-9(8-14)13-18(16)12(4,5)6;1-8(2,3)12-7(11)9-4-6(10)5-9/h7-8H2,1-6H3;4-5H2,1-3H3. The molecule has 0 N–H and O–H groups in total. The van der Waals surface area contributed by atoms with E-state index in [1.54, 1.807) is 25.7 Å². The number of Topliss-reactive ketones (excluding diaryl/α,β-unsaturated/α-hetero) is 1. The number of ether oxygens (including phenoxy) is 2. The zero-order valence-corrected chi connectivity index (χ0v) is 20.3. The fourth-order valence-corrected chi connectivity index (χ4v) is 2.62. The van der Waals surface area contributed by atoms with Gasteiger partial charge in [-0.1, -0.05) is 0 Å². The molecular formula is C20H35N3O6S. The Hall–Kier alpha value is -1.97. The van der Waals surface area contributed by atoms with Gasteiger partial charge < -0.3 is 9.47 Å². The number of ketones is 1. The van der Waals surface area contributed by atoms with Gasteiger partial charge in [0.25, 0.3) is 0 Å². The molecule has 172 valence electrons. The Balaban J connectivity index is 0.000000325. The quantitative estimate of drug-likeness (QED) is 0.614. The summed E-state index contributed by atoms with van der Waals surface area (Å²) in [5, 5.41) is 0. The van der Waals surface area contributed by atoms with Crippen LogP contribution in [0.2, 0.25) is 0 Å². The van der Waals surface area contributed by atoms with Gasteiger partial charge in [-0.3, -0.25) is 14.6 Å². The number of rotatable bonds is 1. The van der Waals surface area contributed by atoms with Crippen LogP contribution in [0, 0.1) is 0 Å². The molecule has 0 spiro atoms. The zero-order chi connectivity index (χ0) is 23.5. The van der Waals surface area contributed by atoms with E-state index in [9.17, 15) is 18.6 Å². The Morgan fingerprint density at radius 2 is 1.17 bits per heavy atom. The van der Waals surface area contributed by atoms with Gasteiger partial charge in [0, 0.05) is 0 Å². The maximum absolute atomic E-state index is 11.8. The third kappa shape index (κ3) is 9.23. The summed E-state index contributed by atoms with van der Waals surface area (Å²) in [6.07, 6.45) is -0.745. The normalized spacial score (nSPS) is 17.8. The van der Waals surface area contributed by atoms with Crippen LogP contribution in [0.25, 0.3) is 0 Å². The lowest BCUT2D eigenvalue weighted by molar-refractivity contribution is -0.128. The molecule has 0 saturated carbocycles. The summed E-state index contributed by atoms with van der Waals surface area (Å²) in [5.41, 5.74) is -0.178. The van der Waals surface area contributed by atoms with Crippen LogP contribution in [-0.2, 0) is 25.3 Å². The molecule has 2 amide bonds. The Kier molecular flexibility index (Phi) is 8.21. The summed E-state index contributed by atoms with van der Waals surface area (Å²) in [6, 6.07) is 0. The number of carbonyl (C=O) groups excluding carboxylic acids is 3. The van der Waals surface area contributed by atoms with E-state index in [2.05, 4.69) is 4.40 Å². The van der Waals surface area contributed by atoms with Crippen LogP contribution in [0.3, 0.4) is 0 Å². The van der Waals surface area contributed by atoms with Crippen molar-refractivity contribution in [2.75, 3.05) is 26.2 Å². The van der Waals surface area contributed by atoms with Crippen molar-refractivity contribution in [3.05, 3.63) is 0 Å². The highest BCUT2D eigenvalue weighted by molar-refractivity contribution is 7.85. The third-order valence-corrected chi connectivity index (χ3v) is 4.99. The summed E-state index contributed by atoms with van der Waals surface area (Å²) in [7, 11) is -1.25. The minimum Gasteiger partial charge on any atom is -0.444 e. The van der Waals surface area contributed by atoms with Crippen molar-refractivity contribution in [3.8, 4) is 0 Å². The fourth-order valence-electron chi connectivity index (χ4n) is 2.00. The van der Waals surface area contributed by atoms with E-state index in [4.69, 9.17) is 9.47 Å². The van der Waals surface area contributed by atoms with Gasteiger partial charge in [-0.15, -0.1) is 0 Å². The van der Waals surface area contributed by atoms with Crippen LogP contribution >= 0.6 is 0 Å². The number of amides is 2. The van der Waals surface area contributed by atoms with Gasteiger partial charge >= 0.3 is 12.2 Å². The van der Waals surface area contributed by atoms with Crippen molar-refractivity contribution in [3.63, 3.8) is 0 Å². The highest BCUT2D eigenvalue weighted by Gasteiger charge is 2.33. The first-order chi connectivity index (χ1) is 13.4. The van der Waals surface area contributed by atoms with Gasteiger partial charge in [0.05, 0.1) is 36.6 Å². The van der Waals surface area contributed by atoms with Crippen molar-refractivity contribution in [2.24, 2.45) is 4.40 Å². The van der Waals surface area contributed by atoms with Crippen molar-refractivity contribution in [1.82, 2.24) is 9.80 Å². The molecule has 10 heteroatoms. The molecule has 2 aliphatic heterocycles. The minimum atomic E-state index is -1.25. The topological polar surface area (TPSA) is 106 Å². The molecule has 2 rings (SSSR count). The zero-order valence-electron chi connectivity index (χ0n) is 19.5. The van der Waals surface area contributed by atoms with Crippen molar-refractivity contribution >= 4 is 34.7 Å². The van der Waals surface area contributed by atoms with Crippen LogP contribution in [-0.4, -0.2) is 79.8 Å². The highest BCUT2D eigenvalue weighted by atomic mass is 32.2. The molecule has 9 nitrogen and oxygen atoms in total. The molecule has 2 fully saturated rings. The lowest BCUT2D eigenvalue weighted by atomic mass is 10.2. The van der Waals surface area contributed by atoms with Gasteiger partial charge in [-0.25, -0.2) is 13.8 Å². The highest BCUT2D eigenvalue weighted by Crippen LogP contribution is 2.17. The van der Waals surface area contributed by atoms with E-state index in [1.165, 1.54) is 4.90 Å². The number of carbonyl (C=O) groups is 3. The Labute approximate surface area is 181 Å². The molecule has 0 aromatic carbocycles. The number of nitrogens with zero attached hydrogens (tertiary/aromatic N) is 3. The number of likely N-dealkylation sites (tertiary alicyclic amines) is 2. The Bertz CT molecular complexity index is 712. The summed E-state index contributed by atoms with van der Waals surface area (Å²) in [5.74, 6) is 0.0841. The maximum atomic E-state index is 11.8. The Morgan fingerprint density at radius 3 is 1.47 bits per heavy atom. The average molecular weight is 446 g/mol. The van der Waals surface area contributed by atoms with Crippen LogP contribution < -0.4 is 0 Å². The molecule has 1 atom stereocenters. The van der Waals surface area contributed by atoms with E-state index < -0.39 is 28.3 Å². The second-order valence-corrected chi connectivity index (χ2v) is 12.1. The second kappa shape index (κ2) is 9.45. The molecular weight excluding hydrogens is 410 g/mol. The van der Waals surface area contributed by atoms with Crippen molar-refractivity contribution in [1.29, 1.82) is 0 Å². The van der Waals surface area contributed by atoms with Crippen LogP contribution in [0.1, 0.15) is 62.3 Å². The van der Waals surface area contributed by atoms with E-state index in [0.717, 1.165) is 5.71 Å². The predicted molar refractivity (Wildman–Crippen MR) is 116 cm³/mol. The van der Waals surface area contributed by atoms with Gasteiger partial charge in [0.15, 0.2) is 5.78 Å². The van der Waals surface area contributed by atoms with Gasteiger partial charge in [0.2, 0.25) is 0 Å². The van der Waals surface area contributed by atoms with E-state index in [-0.39, 0.29) is 29.7 Å². The molecule has 2 heterocycles. The SMILES string of the molecule is CC(C)(C)OC(=O)N1CC(=NS(=O)C(C)(C)C)C1.CC(C)(C)OC(=O)N1CC(=O)C1. The van der Waals surface area contributed by atoms with E-state index >= 15 is 0 Å². The first-order valence-corrected chi connectivity index (χ1v) is 10.9. The third-order valence-electron chi connectivity index (χ3n) is 3.52. The lowest BCUT2D eigenvalue weighted by Crippen LogP contribution is -2.52. The Morgan fingerprint density at radius 1 is 0.800 bits per heavy atom. The minimum absolute atomic E-state index is 0.0841. The largest absolute Gasteiger partial charge is 0.444 e. The summed E-state index contributed by atoms with van der Waals surface area (Å²) in [4.78, 5) is 36.2. The summed E-state index contributed by atoms with van der Waals surface area (Å²) >= 11 is 0. The van der Waals surface area contributed by atoms with E-state index in [0.29, 0.717) is 13.1 Å². The smallest absolute Gasteiger partial charge is 0.411 e. The molecule has 0 aromatic heterocycles. The molecule has 0 aliphatic carbocycles. The second-order valence-electron chi connectivity index (χ2n) is 10.2. The van der Waals surface area contributed by atoms with Crippen molar-refractivity contribution in [2.45, 2.75) is 78.3 Å². The van der Waals surface area contributed by atoms with Gasteiger partial charge in [-0.05, 0) is 62.3 Å². The molecule has 2 saturated heterocycles. The average Bonchev–Trinajstić information content (AvgIpc) is 2.42. The molecule has 0 bridgehead atoms. The monoisotopic (exact) mass is 445 g/mol. The molecule has 0 radical (unpaired) electrons. The van der Waals surface area contributed by atoms with Gasteiger partial charge in [0.1, 0.15) is 22.2 Å². The summed E-state index contributed by atoms with van der Waals surface area (Å²) in [6.45, 7) is 17.7. The maximum Gasteiger partial charge on any atom is 0.411 e. The number of hydrogen-bond donors (Lipinski definition) is 0. The molecule has 2 aliphatic rings.